The van der Waals surface area contributed by atoms with Crippen LogP contribution in [0.5, 0.6) is 5.75 Å². The maximum atomic E-state index is 12.8. The maximum Gasteiger partial charge on any atom is 0.255 e. The van der Waals surface area contributed by atoms with Crippen molar-refractivity contribution in [2.45, 2.75) is 31.0 Å². The van der Waals surface area contributed by atoms with Crippen molar-refractivity contribution >= 4 is 5.91 Å². The first kappa shape index (κ1) is 15.2. The Morgan fingerprint density at radius 3 is 2.77 bits per heavy atom. The Morgan fingerprint density at radius 1 is 1.36 bits per heavy atom. The van der Waals surface area contributed by atoms with Gasteiger partial charge >= 0.3 is 0 Å². The highest BCUT2D eigenvalue weighted by Gasteiger charge is 2.44. The first-order valence-electron chi connectivity index (χ1n) is 7.72. The Bertz CT molecular complexity index is 502. The second kappa shape index (κ2) is 6.62. The number of amides is 1. The molecule has 1 atom stereocenters. The molecule has 0 N–H and O–H groups in total. The molecule has 2 aliphatic rings. The number of carbonyl (C=O) groups excluding carboxylic acids is 1. The van der Waals surface area contributed by atoms with E-state index in [0.29, 0.717) is 39.1 Å². The van der Waals surface area contributed by atoms with Gasteiger partial charge in [-0.05, 0) is 12.1 Å². The van der Waals surface area contributed by atoms with Crippen LogP contribution in [0.3, 0.4) is 0 Å². The third-order valence-corrected chi connectivity index (χ3v) is 4.47. The molecule has 1 amide bonds. The molecule has 0 aromatic carbocycles. The second-order valence-electron chi connectivity index (χ2n) is 5.77. The van der Waals surface area contributed by atoms with Gasteiger partial charge in [-0.15, -0.1) is 0 Å². The van der Waals surface area contributed by atoms with E-state index >= 15 is 0 Å². The van der Waals surface area contributed by atoms with Gasteiger partial charge in [0.25, 0.3) is 5.91 Å². The maximum absolute atomic E-state index is 12.8. The highest BCUT2D eigenvalue weighted by molar-refractivity contribution is 5.85. The predicted molar refractivity (Wildman–Crippen MR) is 79.6 cm³/mol. The number of methoxy groups -OCH3 is 1. The fraction of sp³-hybridized carbons (Fsp3) is 0.625. The summed E-state index contributed by atoms with van der Waals surface area (Å²) in [7, 11) is 1.62. The summed E-state index contributed by atoms with van der Waals surface area (Å²) < 4.78 is 16.9. The van der Waals surface area contributed by atoms with Crippen molar-refractivity contribution in [2.24, 2.45) is 0 Å². The van der Waals surface area contributed by atoms with Crippen molar-refractivity contribution in [2.75, 3.05) is 33.4 Å². The molecule has 3 rings (SSSR count). The molecule has 6 nitrogen and oxygen atoms in total. The van der Waals surface area contributed by atoms with Crippen LogP contribution in [0.25, 0.3) is 0 Å². The fourth-order valence-corrected chi connectivity index (χ4v) is 3.11. The molecule has 22 heavy (non-hydrogen) atoms. The fourth-order valence-electron chi connectivity index (χ4n) is 3.11. The Morgan fingerprint density at radius 2 is 2.09 bits per heavy atom. The molecule has 3 heterocycles. The van der Waals surface area contributed by atoms with E-state index in [1.807, 2.05) is 17.0 Å². The number of carbonyl (C=O) groups is 1. The molecule has 2 aliphatic heterocycles. The van der Waals surface area contributed by atoms with E-state index in [9.17, 15) is 4.79 Å². The topological polar surface area (TPSA) is 60.9 Å². The molecule has 2 saturated heterocycles. The van der Waals surface area contributed by atoms with Crippen LogP contribution in [0.4, 0.5) is 0 Å². The van der Waals surface area contributed by atoms with Gasteiger partial charge in [-0.1, -0.05) is 0 Å². The van der Waals surface area contributed by atoms with E-state index in [1.54, 1.807) is 19.5 Å². The first-order chi connectivity index (χ1) is 10.7. The number of likely N-dealkylation sites (tertiary alicyclic amines) is 1. The van der Waals surface area contributed by atoms with Crippen molar-refractivity contribution < 1.29 is 19.0 Å². The number of pyridine rings is 1. The lowest BCUT2D eigenvalue weighted by molar-refractivity contribution is -0.165. The van der Waals surface area contributed by atoms with E-state index in [1.165, 1.54) is 0 Å². The Balaban J connectivity index is 1.60. The molecule has 120 valence electrons. The monoisotopic (exact) mass is 306 g/mol. The minimum atomic E-state index is -0.718. The third-order valence-electron chi connectivity index (χ3n) is 4.47. The van der Waals surface area contributed by atoms with E-state index in [-0.39, 0.29) is 12.0 Å². The summed E-state index contributed by atoms with van der Waals surface area (Å²) in [6.07, 6.45) is 5.51. The van der Waals surface area contributed by atoms with Crippen LogP contribution < -0.4 is 4.74 Å². The first-order valence-corrected chi connectivity index (χ1v) is 7.72. The molecule has 1 aromatic rings. The summed E-state index contributed by atoms with van der Waals surface area (Å²) in [6, 6.07) is 3.67. The van der Waals surface area contributed by atoms with Crippen LogP contribution in [0.15, 0.2) is 24.5 Å². The zero-order valence-electron chi connectivity index (χ0n) is 12.9. The Kier molecular flexibility index (Phi) is 4.59. The number of aromatic nitrogens is 1. The van der Waals surface area contributed by atoms with Crippen LogP contribution in [0.1, 0.15) is 19.3 Å². The summed E-state index contributed by atoms with van der Waals surface area (Å²) in [4.78, 5) is 18.7. The molecule has 0 spiro atoms. The van der Waals surface area contributed by atoms with E-state index in [0.717, 1.165) is 12.2 Å². The molecule has 0 bridgehead atoms. The van der Waals surface area contributed by atoms with Crippen LogP contribution in [0, 0.1) is 0 Å². The number of hydrogen-bond acceptors (Lipinski definition) is 5. The quantitative estimate of drug-likeness (QED) is 0.838. The molecule has 0 aliphatic carbocycles. The van der Waals surface area contributed by atoms with E-state index in [2.05, 4.69) is 4.98 Å². The molecular formula is C16H22N2O4. The van der Waals surface area contributed by atoms with Crippen LogP contribution >= 0.6 is 0 Å². The normalized spacial score (nSPS) is 24.2. The average molecular weight is 306 g/mol. The summed E-state index contributed by atoms with van der Waals surface area (Å²) >= 11 is 0. The zero-order valence-corrected chi connectivity index (χ0v) is 12.9. The molecule has 2 fully saturated rings. The van der Waals surface area contributed by atoms with Gasteiger partial charge in [0, 0.05) is 58.5 Å². The highest BCUT2D eigenvalue weighted by atomic mass is 16.5. The van der Waals surface area contributed by atoms with Gasteiger partial charge in [0.15, 0.2) is 5.60 Å². The summed E-state index contributed by atoms with van der Waals surface area (Å²) in [6.45, 7) is 2.46. The van der Waals surface area contributed by atoms with E-state index < -0.39 is 5.60 Å². The van der Waals surface area contributed by atoms with Gasteiger partial charge in [0.05, 0.1) is 6.54 Å². The van der Waals surface area contributed by atoms with Crippen molar-refractivity contribution in [1.29, 1.82) is 0 Å². The van der Waals surface area contributed by atoms with Gasteiger partial charge in [-0.3, -0.25) is 9.78 Å². The van der Waals surface area contributed by atoms with Crippen molar-refractivity contribution in [1.82, 2.24) is 9.88 Å². The SMILES string of the molecule is COC1(C(=O)N2CC[C@@H](Oc3ccncc3)C2)CCOCC1. The summed E-state index contributed by atoms with van der Waals surface area (Å²) in [5.41, 5.74) is -0.718. The van der Waals surface area contributed by atoms with Crippen LogP contribution in [-0.4, -0.2) is 60.9 Å². The van der Waals surface area contributed by atoms with Crippen molar-refractivity contribution in [3.05, 3.63) is 24.5 Å². The average Bonchev–Trinajstić information content (AvgIpc) is 3.04. The number of nitrogens with zero attached hydrogens (tertiary/aromatic N) is 2. The number of ether oxygens (including phenoxy) is 3. The van der Waals surface area contributed by atoms with Gasteiger partial charge in [-0.25, -0.2) is 0 Å². The van der Waals surface area contributed by atoms with E-state index in [4.69, 9.17) is 14.2 Å². The predicted octanol–water partition coefficient (Wildman–Crippen LogP) is 1.26. The van der Waals surface area contributed by atoms with Gasteiger partial charge in [-0.2, -0.15) is 0 Å². The van der Waals surface area contributed by atoms with Gasteiger partial charge in [0.2, 0.25) is 0 Å². The lowest BCUT2D eigenvalue weighted by Crippen LogP contribution is -2.52. The van der Waals surface area contributed by atoms with Crippen LogP contribution in [-0.2, 0) is 14.3 Å². The minimum absolute atomic E-state index is 0.0279. The lowest BCUT2D eigenvalue weighted by atomic mass is 9.92. The number of rotatable bonds is 4. The lowest BCUT2D eigenvalue weighted by Gasteiger charge is -2.37. The molecule has 0 radical (unpaired) electrons. The zero-order chi connectivity index (χ0) is 15.4. The second-order valence-corrected chi connectivity index (χ2v) is 5.77. The molecular weight excluding hydrogens is 284 g/mol. The summed E-state index contributed by atoms with van der Waals surface area (Å²) in [5.74, 6) is 0.862. The standard InChI is InChI=1S/C16H22N2O4/c1-20-16(5-10-21-11-6-16)15(19)18-9-4-14(12-18)22-13-2-7-17-8-3-13/h2-3,7-8,14H,4-6,9-12H2,1H3/t14-/m1/s1. The molecule has 0 saturated carbocycles. The Labute approximate surface area is 130 Å². The minimum Gasteiger partial charge on any atom is -0.488 e. The molecule has 6 heteroatoms. The van der Waals surface area contributed by atoms with Crippen LogP contribution in [0.2, 0.25) is 0 Å². The smallest absolute Gasteiger partial charge is 0.255 e. The molecule has 0 unspecified atom stereocenters. The third kappa shape index (κ3) is 3.08. The Hall–Kier alpha value is -1.66. The van der Waals surface area contributed by atoms with Gasteiger partial charge in [0.1, 0.15) is 11.9 Å². The van der Waals surface area contributed by atoms with Crippen molar-refractivity contribution in [3.63, 3.8) is 0 Å². The van der Waals surface area contributed by atoms with Gasteiger partial charge < -0.3 is 19.1 Å². The number of hydrogen-bond donors (Lipinski definition) is 0. The highest BCUT2D eigenvalue weighted by Crippen LogP contribution is 2.29. The molecule has 1 aromatic heterocycles. The summed E-state index contributed by atoms with van der Waals surface area (Å²) in [5, 5.41) is 0. The largest absolute Gasteiger partial charge is 0.488 e. The van der Waals surface area contributed by atoms with Crippen molar-refractivity contribution in [3.8, 4) is 5.75 Å².